The van der Waals surface area contributed by atoms with Crippen molar-refractivity contribution in [2.45, 2.75) is 45.4 Å². The number of hydrogen-bond donors (Lipinski definition) is 3. The highest BCUT2D eigenvalue weighted by Gasteiger charge is 2.20. The van der Waals surface area contributed by atoms with Crippen LogP contribution in [-0.4, -0.2) is 49.1 Å². The first kappa shape index (κ1) is 15.4. The van der Waals surface area contributed by atoms with Gasteiger partial charge in [-0.3, -0.25) is 14.4 Å². The number of rotatable bonds is 0. The first-order chi connectivity index (χ1) is 8.88. The Morgan fingerprint density at radius 1 is 1.00 bits per heavy atom. The van der Waals surface area contributed by atoms with Crippen molar-refractivity contribution < 1.29 is 19.1 Å². The lowest BCUT2D eigenvalue weighted by atomic mass is 10.2. The number of nitrogens with one attached hydrogen (secondary N) is 3. The minimum Gasteiger partial charge on any atom is -0.373 e. The molecule has 1 fully saturated rings. The monoisotopic (exact) mass is 271 g/mol. The van der Waals surface area contributed by atoms with Crippen molar-refractivity contribution in [3.63, 3.8) is 0 Å². The minimum absolute atomic E-state index is 0.110. The zero-order valence-electron chi connectivity index (χ0n) is 11.5. The van der Waals surface area contributed by atoms with Crippen LogP contribution in [0.1, 0.15) is 27.2 Å². The Balaban J connectivity index is 2.68. The third kappa shape index (κ3) is 5.69. The standard InChI is InChI=1S/C12H21N3O4/c1-7-4-10(16)15-9(3)12(18)14-6-11(17)13-5-8(2)19-7/h7-9H,4-6H2,1-3H3,(H,13,17)(H,14,18)(H,15,16)/t7-,8+,9-/m0/s1. The molecule has 0 spiro atoms. The van der Waals surface area contributed by atoms with Gasteiger partial charge in [0.25, 0.3) is 0 Å². The molecule has 108 valence electrons. The van der Waals surface area contributed by atoms with Gasteiger partial charge in [-0.1, -0.05) is 0 Å². The number of ether oxygens (including phenoxy) is 1. The van der Waals surface area contributed by atoms with Crippen LogP contribution in [0.25, 0.3) is 0 Å². The summed E-state index contributed by atoms with van der Waals surface area (Å²) in [6.07, 6.45) is -0.292. The molecule has 1 aliphatic rings. The molecule has 3 N–H and O–H groups in total. The Kier molecular flexibility index (Phi) is 5.75. The SMILES string of the molecule is C[C@@H]1CNC(=O)CNC(=O)[C@H](C)NC(=O)C[C@H](C)O1. The van der Waals surface area contributed by atoms with Crippen molar-refractivity contribution >= 4 is 17.7 Å². The molecule has 1 heterocycles. The molecule has 1 saturated heterocycles. The van der Waals surface area contributed by atoms with Gasteiger partial charge in [-0.2, -0.15) is 0 Å². The third-order valence-corrected chi connectivity index (χ3v) is 2.72. The summed E-state index contributed by atoms with van der Waals surface area (Å²) < 4.78 is 5.56. The van der Waals surface area contributed by atoms with E-state index in [1.807, 2.05) is 6.92 Å². The summed E-state index contributed by atoms with van der Waals surface area (Å²) in [4.78, 5) is 34.7. The molecule has 7 nitrogen and oxygen atoms in total. The van der Waals surface area contributed by atoms with E-state index in [4.69, 9.17) is 4.74 Å². The van der Waals surface area contributed by atoms with E-state index in [0.717, 1.165) is 0 Å². The Morgan fingerprint density at radius 2 is 1.68 bits per heavy atom. The Labute approximate surface area is 112 Å². The van der Waals surface area contributed by atoms with Gasteiger partial charge in [0.2, 0.25) is 17.7 Å². The smallest absolute Gasteiger partial charge is 0.242 e. The second kappa shape index (κ2) is 7.08. The van der Waals surface area contributed by atoms with E-state index in [0.29, 0.717) is 6.54 Å². The van der Waals surface area contributed by atoms with E-state index < -0.39 is 6.04 Å². The van der Waals surface area contributed by atoms with E-state index in [1.165, 1.54) is 0 Å². The summed E-state index contributed by atoms with van der Waals surface area (Å²) in [6.45, 7) is 5.40. The molecule has 7 heteroatoms. The maximum Gasteiger partial charge on any atom is 0.242 e. The fourth-order valence-corrected chi connectivity index (χ4v) is 1.76. The Bertz CT molecular complexity index is 359. The summed E-state index contributed by atoms with van der Waals surface area (Å²) in [5.41, 5.74) is 0. The van der Waals surface area contributed by atoms with Gasteiger partial charge in [-0.25, -0.2) is 0 Å². The molecule has 0 aromatic heterocycles. The average molecular weight is 271 g/mol. The van der Waals surface area contributed by atoms with E-state index >= 15 is 0 Å². The molecule has 0 aromatic rings. The lowest BCUT2D eigenvalue weighted by molar-refractivity contribution is -0.130. The van der Waals surface area contributed by atoms with Gasteiger partial charge >= 0.3 is 0 Å². The molecule has 19 heavy (non-hydrogen) atoms. The second-order valence-electron chi connectivity index (χ2n) is 4.77. The van der Waals surface area contributed by atoms with Crippen molar-refractivity contribution in [2.75, 3.05) is 13.1 Å². The van der Waals surface area contributed by atoms with Gasteiger partial charge < -0.3 is 20.7 Å². The number of carbonyl (C=O) groups is 3. The molecule has 0 bridgehead atoms. The Hall–Kier alpha value is -1.63. The summed E-state index contributed by atoms with van der Waals surface area (Å²) in [6, 6.07) is -0.675. The highest BCUT2D eigenvalue weighted by molar-refractivity contribution is 5.90. The minimum atomic E-state index is -0.675. The molecule has 0 aliphatic carbocycles. The number of carbonyl (C=O) groups excluding carboxylic acids is 3. The van der Waals surface area contributed by atoms with Crippen LogP contribution in [0.4, 0.5) is 0 Å². The molecule has 0 aromatic carbocycles. The maximum absolute atomic E-state index is 11.7. The van der Waals surface area contributed by atoms with Gasteiger partial charge in [0.05, 0.1) is 25.2 Å². The quantitative estimate of drug-likeness (QED) is 0.522. The van der Waals surface area contributed by atoms with Gasteiger partial charge in [0, 0.05) is 6.54 Å². The number of hydrogen-bond acceptors (Lipinski definition) is 4. The topological polar surface area (TPSA) is 96.5 Å². The largest absolute Gasteiger partial charge is 0.373 e. The molecular formula is C12H21N3O4. The summed E-state index contributed by atoms with van der Waals surface area (Å²) in [5, 5.41) is 7.68. The molecule has 3 atom stereocenters. The van der Waals surface area contributed by atoms with Crippen molar-refractivity contribution in [3.8, 4) is 0 Å². The molecule has 0 unspecified atom stereocenters. The van der Waals surface area contributed by atoms with Crippen molar-refractivity contribution in [1.82, 2.24) is 16.0 Å². The predicted octanol–water partition coefficient (Wildman–Crippen LogP) is -1.08. The van der Waals surface area contributed by atoms with Gasteiger partial charge in [-0.05, 0) is 20.8 Å². The normalized spacial score (nSPS) is 31.1. The van der Waals surface area contributed by atoms with Crippen molar-refractivity contribution in [2.24, 2.45) is 0 Å². The molecule has 3 amide bonds. The van der Waals surface area contributed by atoms with Crippen molar-refractivity contribution in [1.29, 1.82) is 0 Å². The van der Waals surface area contributed by atoms with Crippen LogP contribution in [0, 0.1) is 0 Å². The lowest BCUT2D eigenvalue weighted by Gasteiger charge is -2.19. The zero-order chi connectivity index (χ0) is 14.4. The third-order valence-electron chi connectivity index (χ3n) is 2.72. The highest BCUT2D eigenvalue weighted by atomic mass is 16.5. The van der Waals surface area contributed by atoms with Crippen LogP contribution >= 0.6 is 0 Å². The molecule has 0 radical (unpaired) electrons. The Morgan fingerprint density at radius 3 is 2.37 bits per heavy atom. The van der Waals surface area contributed by atoms with E-state index in [9.17, 15) is 14.4 Å². The second-order valence-corrected chi connectivity index (χ2v) is 4.77. The molecular weight excluding hydrogens is 250 g/mol. The first-order valence-corrected chi connectivity index (χ1v) is 6.37. The average Bonchev–Trinajstić information content (AvgIpc) is 2.32. The molecule has 1 aliphatic heterocycles. The fourth-order valence-electron chi connectivity index (χ4n) is 1.76. The summed E-state index contributed by atoms with van der Waals surface area (Å²) in [7, 11) is 0. The zero-order valence-corrected chi connectivity index (χ0v) is 11.5. The maximum atomic E-state index is 11.7. The summed E-state index contributed by atoms with van der Waals surface area (Å²) in [5.74, 6) is -0.917. The van der Waals surface area contributed by atoms with Crippen LogP contribution in [0.3, 0.4) is 0 Å². The van der Waals surface area contributed by atoms with Crippen LogP contribution in [0.15, 0.2) is 0 Å². The molecule has 0 saturated carbocycles. The van der Waals surface area contributed by atoms with Gasteiger partial charge in [-0.15, -0.1) is 0 Å². The first-order valence-electron chi connectivity index (χ1n) is 6.37. The molecule has 1 rings (SSSR count). The van der Waals surface area contributed by atoms with Crippen LogP contribution < -0.4 is 16.0 Å². The van der Waals surface area contributed by atoms with Crippen LogP contribution in [0.2, 0.25) is 0 Å². The highest BCUT2D eigenvalue weighted by Crippen LogP contribution is 2.03. The number of amides is 3. The van der Waals surface area contributed by atoms with Crippen LogP contribution in [-0.2, 0) is 19.1 Å². The van der Waals surface area contributed by atoms with E-state index in [1.54, 1.807) is 13.8 Å². The lowest BCUT2D eigenvalue weighted by Crippen LogP contribution is -2.47. The van der Waals surface area contributed by atoms with E-state index in [-0.39, 0.29) is 42.9 Å². The van der Waals surface area contributed by atoms with Crippen molar-refractivity contribution in [3.05, 3.63) is 0 Å². The summed E-state index contributed by atoms with van der Waals surface area (Å²) >= 11 is 0. The fraction of sp³-hybridized carbons (Fsp3) is 0.750. The van der Waals surface area contributed by atoms with Crippen LogP contribution in [0.5, 0.6) is 0 Å². The van der Waals surface area contributed by atoms with E-state index in [2.05, 4.69) is 16.0 Å². The van der Waals surface area contributed by atoms with Gasteiger partial charge in [0.1, 0.15) is 6.04 Å². The van der Waals surface area contributed by atoms with Gasteiger partial charge in [0.15, 0.2) is 0 Å². The predicted molar refractivity (Wildman–Crippen MR) is 68.3 cm³/mol.